The topological polar surface area (TPSA) is 93.5 Å². The maximum Gasteiger partial charge on any atom is 0.263 e. The van der Waals surface area contributed by atoms with Crippen LogP contribution in [0.4, 0.5) is 11.5 Å². The molecule has 3 aromatic rings. The Morgan fingerprint density at radius 3 is 2.35 bits per heavy atom. The van der Waals surface area contributed by atoms with E-state index in [-0.39, 0.29) is 10.7 Å². The number of ether oxygens (including phenoxy) is 1. The summed E-state index contributed by atoms with van der Waals surface area (Å²) in [6.07, 6.45) is 0. The van der Waals surface area contributed by atoms with Crippen molar-refractivity contribution in [3.05, 3.63) is 65.9 Å². The molecule has 1 heterocycles. The van der Waals surface area contributed by atoms with Crippen molar-refractivity contribution in [2.24, 2.45) is 0 Å². The number of aryl methyl sites for hydroxylation is 1. The number of sulfonamides is 1. The van der Waals surface area contributed by atoms with Crippen molar-refractivity contribution >= 4 is 21.5 Å². The lowest BCUT2D eigenvalue weighted by Gasteiger charge is -2.09. The Labute approximate surface area is 152 Å². The van der Waals surface area contributed by atoms with Crippen molar-refractivity contribution in [2.45, 2.75) is 18.4 Å². The summed E-state index contributed by atoms with van der Waals surface area (Å²) < 4.78 is 37.0. The highest BCUT2D eigenvalue weighted by Gasteiger charge is 2.16. The lowest BCUT2D eigenvalue weighted by Crippen LogP contribution is -2.13. The number of nitrogens with one attached hydrogen (secondary N) is 2. The number of rotatable bonds is 7. The first-order valence-electron chi connectivity index (χ1n) is 7.89. The Bertz CT molecular complexity index is 964. The molecule has 136 valence electrons. The SMILES string of the molecule is COc1ccc(CNc2ccc(S(=O)(=O)Nc3cc(C)on3)cc2)cc1. The summed E-state index contributed by atoms with van der Waals surface area (Å²) in [5.74, 6) is 1.49. The van der Waals surface area contributed by atoms with Crippen LogP contribution in [-0.2, 0) is 16.6 Å². The molecule has 0 fully saturated rings. The minimum atomic E-state index is -3.71. The summed E-state index contributed by atoms with van der Waals surface area (Å²) in [6.45, 7) is 2.31. The summed E-state index contributed by atoms with van der Waals surface area (Å²) >= 11 is 0. The van der Waals surface area contributed by atoms with Gasteiger partial charge in [-0.15, -0.1) is 0 Å². The minimum absolute atomic E-state index is 0.146. The van der Waals surface area contributed by atoms with Gasteiger partial charge in [0.25, 0.3) is 10.0 Å². The van der Waals surface area contributed by atoms with Crippen LogP contribution in [0.5, 0.6) is 5.75 Å². The van der Waals surface area contributed by atoms with Gasteiger partial charge >= 0.3 is 0 Å². The van der Waals surface area contributed by atoms with Gasteiger partial charge in [-0.3, -0.25) is 4.72 Å². The van der Waals surface area contributed by atoms with Gasteiger partial charge in [0.1, 0.15) is 11.5 Å². The monoisotopic (exact) mass is 373 g/mol. The molecular weight excluding hydrogens is 354 g/mol. The maximum atomic E-state index is 12.3. The Balaban J connectivity index is 1.63. The first-order chi connectivity index (χ1) is 12.5. The molecule has 0 radical (unpaired) electrons. The van der Waals surface area contributed by atoms with Crippen LogP contribution in [0.2, 0.25) is 0 Å². The molecule has 0 aliphatic carbocycles. The second kappa shape index (κ2) is 7.49. The predicted octanol–water partition coefficient (Wildman–Crippen LogP) is 3.40. The number of methoxy groups -OCH3 is 1. The van der Waals surface area contributed by atoms with Crippen molar-refractivity contribution in [3.8, 4) is 5.75 Å². The molecule has 7 nitrogen and oxygen atoms in total. The van der Waals surface area contributed by atoms with Gasteiger partial charge in [-0.25, -0.2) is 8.42 Å². The Morgan fingerprint density at radius 1 is 1.08 bits per heavy atom. The fraction of sp³-hybridized carbons (Fsp3) is 0.167. The van der Waals surface area contributed by atoms with E-state index in [2.05, 4.69) is 15.2 Å². The maximum absolute atomic E-state index is 12.3. The summed E-state index contributed by atoms with van der Waals surface area (Å²) in [4.78, 5) is 0.146. The Hall–Kier alpha value is -3.00. The largest absolute Gasteiger partial charge is 0.497 e. The molecular formula is C18H19N3O4S. The number of hydrogen-bond donors (Lipinski definition) is 2. The van der Waals surface area contributed by atoms with E-state index in [9.17, 15) is 8.42 Å². The molecule has 2 N–H and O–H groups in total. The van der Waals surface area contributed by atoms with Gasteiger partial charge < -0.3 is 14.6 Å². The zero-order valence-corrected chi connectivity index (χ0v) is 15.2. The summed E-state index contributed by atoms with van der Waals surface area (Å²) in [7, 11) is -2.08. The predicted molar refractivity (Wildman–Crippen MR) is 98.8 cm³/mol. The van der Waals surface area contributed by atoms with Crippen molar-refractivity contribution in [3.63, 3.8) is 0 Å². The second-order valence-electron chi connectivity index (χ2n) is 5.65. The van der Waals surface area contributed by atoms with Gasteiger partial charge in [0.2, 0.25) is 0 Å². The molecule has 0 bridgehead atoms. The van der Waals surface area contributed by atoms with Crippen LogP contribution >= 0.6 is 0 Å². The van der Waals surface area contributed by atoms with Crippen molar-refractivity contribution < 1.29 is 17.7 Å². The van der Waals surface area contributed by atoms with Crippen molar-refractivity contribution in [1.29, 1.82) is 0 Å². The number of anilines is 2. The summed E-state index contributed by atoms with van der Waals surface area (Å²) in [5, 5.41) is 6.88. The fourth-order valence-corrected chi connectivity index (χ4v) is 3.29. The molecule has 3 rings (SSSR count). The normalized spacial score (nSPS) is 11.2. The summed E-state index contributed by atoms with van der Waals surface area (Å²) in [6, 6.07) is 15.7. The van der Waals surface area contributed by atoms with Gasteiger partial charge in [-0.2, -0.15) is 0 Å². The van der Waals surface area contributed by atoms with Crippen molar-refractivity contribution in [1.82, 2.24) is 5.16 Å². The third-order valence-electron chi connectivity index (χ3n) is 3.69. The molecule has 26 heavy (non-hydrogen) atoms. The van der Waals surface area contributed by atoms with Gasteiger partial charge in [-0.05, 0) is 48.9 Å². The molecule has 0 aliphatic rings. The number of nitrogens with zero attached hydrogens (tertiary/aromatic N) is 1. The quantitative estimate of drug-likeness (QED) is 0.659. The highest BCUT2D eigenvalue weighted by molar-refractivity contribution is 7.92. The second-order valence-corrected chi connectivity index (χ2v) is 7.34. The first kappa shape index (κ1) is 17.8. The molecule has 0 aliphatic heterocycles. The molecule has 0 unspecified atom stereocenters. The minimum Gasteiger partial charge on any atom is -0.497 e. The van der Waals surface area contributed by atoms with Crippen molar-refractivity contribution in [2.75, 3.05) is 17.1 Å². The van der Waals surface area contributed by atoms with Gasteiger partial charge in [0.05, 0.1) is 12.0 Å². The van der Waals surface area contributed by atoms with E-state index in [4.69, 9.17) is 9.26 Å². The average Bonchev–Trinajstić information content (AvgIpc) is 3.05. The van der Waals surface area contributed by atoms with E-state index in [0.717, 1.165) is 17.0 Å². The Kier molecular flexibility index (Phi) is 5.13. The summed E-state index contributed by atoms with van der Waals surface area (Å²) in [5.41, 5.74) is 1.91. The van der Waals surface area contributed by atoms with E-state index >= 15 is 0 Å². The lowest BCUT2D eigenvalue weighted by molar-refractivity contribution is 0.400. The van der Waals surface area contributed by atoms with Crippen LogP contribution < -0.4 is 14.8 Å². The molecule has 1 aromatic heterocycles. The van der Waals surface area contributed by atoms with E-state index in [1.54, 1.807) is 26.2 Å². The standard InChI is InChI=1S/C18H19N3O4S/c1-13-11-18(20-25-13)21-26(22,23)17-9-5-15(6-10-17)19-12-14-3-7-16(24-2)8-4-14/h3-11,19H,12H2,1-2H3,(H,20,21). The van der Waals surface area contributed by atoms with Crippen LogP contribution in [0.1, 0.15) is 11.3 Å². The molecule has 2 aromatic carbocycles. The molecule has 8 heteroatoms. The van der Waals surface area contributed by atoms with E-state index < -0.39 is 10.0 Å². The lowest BCUT2D eigenvalue weighted by atomic mass is 10.2. The highest BCUT2D eigenvalue weighted by atomic mass is 32.2. The van der Waals surface area contributed by atoms with Crippen LogP contribution in [0.15, 0.2) is 64.0 Å². The van der Waals surface area contributed by atoms with Gasteiger partial charge in [0.15, 0.2) is 5.82 Å². The molecule has 0 spiro atoms. The average molecular weight is 373 g/mol. The van der Waals surface area contributed by atoms with Crippen LogP contribution in [0, 0.1) is 6.92 Å². The number of benzene rings is 2. The number of hydrogen-bond acceptors (Lipinski definition) is 6. The number of aromatic nitrogens is 1. The Morgan fingerprint density at radius 2 is 1.77 bits per heavy atom. The van der Waals surface area contributed by atoms with Gasteiger partial charge in [-0.1, -0.05) is 17.3 Å². The third-order valence-corrected chi connectivity index (χ3v) is 5.06. The van der Waals surface area contributed by atoms with Crippen LogP contribution in [0.25, 0.3) is 0 Å². The third kappa shape index (κ3) is 4.34. The molecule has 0 atom stereocenters. The van der Waals surface area contributed by atoms with Crippen LogP contribution in [-0.4, -0.2) is 20.7 Å². The van der Waals surface area contributed by atoms with Crippen LogP contribution in [0.3, 0.4) is 0 Å². The van der Waals surface area contributed by atoms with E-state index in [1.807, 2.05) is 24.3 Å². The zero-order chi connectivity index (χ0) is 18.6. The molecule has 0 saturated carbocycles. The zero-order valence-electron chi connectivity index (χ0n) is 14.4. The first-order valence-corrected chi connectivity index (χ1v) is 9.37. The fourth-order valence-electron chi connectivity index (χ4n) is 2.31. The molecule has 0 saturated heterocycles. The smallest absolute Gasteiger partial charge is 0.263 e. The molecule has 0 amide bonds. The van der Waals surface area contributed by atoms with E-state index in [1.165, 1.54) is 18.2 Å². The van der Waals surface area contributed by atoms with E-state index in [0.29, 0.717) is 12.3 Å². The van der Waals surface area contributed by atoms with Gasteiger partial charge in [0, 0.05) is 18.3 Å². The highest BCUT2D eigenvalue weighted by Crippen LogP contribution is 2.19.